The third-order valence-electron chi connectivity index (χ3n) is 8.14. The zero-order chi connectivity index (χ0) is 25.6. The first-order valence-electron chi connectivity index (χ1n) is 13.4. The van der Waals surface area contributed by atoms with E-state index in [-0.39, 0.29) is 24.4 Å². The Morgan fingerprint density at radius 3 is 2.54 bits per heavy atom. The maximum Gasteiger partial charge on any atom is 0.274 e. The summed E-state index contributed by atoms with van der Waals surface area (Å²) in [5, 5.41) is 4.35. The highest BCUT2D eigenvalue weighted by atomic mass is 16.3. The van der Waals surface area contributed by atoms with E-state index in [0.29, 0.717) is 18.0 Å². The van der Waals surface area contributed by atoms with Crippen LogP contribution in [0.15, 0.2) is 65.5 Å². The Hall–Kier alpha value is -3.74. The van der Waals surface area contributed by atoms with Crippen molar-refractivity contribution >= 4 is 22.7 Å². The quantitative estimate of drug-likeness (QED) is 0.365. The number of aromatic nitrogens is 2. The van der Waals surface area contributed by atoms with Crippen LogP contribution in [0.3, 0.4) is 0 Å². The van der Waals surface area contributed by atoms with Gasteiger partial charge in [0.05, 0.1) is 30.6 Å². The second-order valence-electron chi connectivity index (χ2n) is 10.8. The summed E-state index contributed by atoms with van der Waals surface area (Å²) in [5.41, 5.74) is 2.46. The van der Waals surface area contributed by atoms with Crippen LogP contribution in [0.4, 0.5) is 0 Å². The Kier molecular flexibility index (Phi) is 5.94. The molecule has 6 rings (SSSR count). The van der Waals surface area contributed by atoms with Crippen molar-refractivity contribution in [3.8, 4) is 5.69 Å². The molecule has 0 bridgehead atoms. The minimum Gasteiger partial charge on any atom is -0.467 e. The molecule has 1 fully saturated rings. The Bertz CT molecular complexity index is 1430. The first-order chi connectivity index (χ1) is 18.0. The third-order valence-corrected chi connectivity index (χ3v) is 8.14. The number of carbonyl (C=O) groups excluding carboxylic acids is 2. The van der Waals surface area contributed by atoms with E-state index in [9.17, 15) is 9.59 Å². The lowest BCUT2D eigenvalue weighted by Gasteiger charge is -2.44. The lowest BCUT2D eigenvalue weighted by atomic mass is 9.93. The number of nitrogens with zero attached hydrogens (tertiary/aromatic N) is 3. The van der Waals surface area contributed by atoms with Gasteiger partial charge in [-0.15, -0.1) is 0 Å². The SMILES string of the molecule is Cc1ccc2c(c1)c(-n1cccc1)c1n2C[C@@](C)(C(=O)NC2CCCCCC2)N(Cc2ccco2)C1=O. The van der Waals surface area contributed by atoms with E-state index in [1.165, 1.54) is 12.8 Å². The molecule has 1 saturated carbocycles. The van der Waals surface area contributed by atoms with Gasteiger partial charge in [0.2, 0.25) is 5.91 Å². The fraction of sp³-hybridized carbons (Fsp3) is 0.400. The zero-order valence-electron chi connectivity index (χ0n) is 21.6. The molecule has 4 aromatic rings. The molecule has 0 spiro atoms. The first-order valence-corrected chi connectivity index (χ1v) is 13.4. The van der Waals surface area contributed by atoms with Gasteiger partial charge in [-0.25, -0.2) is 0 Å². The van der Waals surface area contributed by atoms with E-state index in [2.05, 4.69) is 35.0 Å². The van der Waals surface area contributed by atoms with Gasteiger partial charge < -0.3 is 23.8 Å². The molecule has 1 N–H and O–H groups in total. The molecule has 3 aromatic heterocycles. The van der Waals surface area contributed by atoms with Crippen LogP contribution >= 0.6 is 0 Å². The van der Waals surface area contributed by atoms with Gasteiger partial charge >= 0.3 is 0 Å². The normalized spacial score (nSPS) is 20.7. The predicted octanol–water partition coefficient (Wildman–Crippen LogP) is 5.59. The van der Waals surface area contributed by atoms with E-state index in [4.69, 9.17) is 4.42 Å². The topological polar surface area (TPSA) is 72.4 Å². The van der Waals surface area contributed by atoms with Gasteiger partial charge in [-0.3, -0.25) is 9.59 Å². The molecule has 1 aliphatic carbocycles. The number of hydrogen-bond acceptors (Lipinski definition) is 3. The van der Waals surface area contributed by atoms with Crippen molar-refractivity contribution in [3.63, 3.8) is 0 Å². The Labute approximate surface area is 217 Å². The van der Waals surface area contributed by atoms with Gasteiger partial charge in [-0.1, -0.05) is 37.3 Å². The lowest BCUT2D eigenvalue weighted by Crippen LogP contribution is -2.64. The van der Waals surface area contributed by atoms with Gasteiger partial charge in [0.15, 0.2) is 0 Å². The van der Waals surface area contributed by atoms with Gasteiger partial charge in [0.25, 0.3) is 5.91 Å². The van der Waals surface area contributed by atoms with Gasteiger partial charge in [-0.05, 0) is 63.1 Å². The number of nitrogens with one attached hydrogen (secondary N) is 1. The Morgan fingerprint density at radius 1 is 1.08 bits per heavy atom. The summed E-state index contributed by atoms with van der Waals surface area (Å²) >= 11 is 0. The largest absolute Gasteiger partial charge is 0.467 e. The van der Waals surface area contributed by atoms with Crippen molar-refractivity contribution < 1.29 is 14.0 Å². The zero-order valence-corrected chi connectivity index (χ0v) is 21.6. The van der Waals surface area contributed by atoms with Crippen molar-refractivity contribution in [2.75, 3.05) is 0 Å². The summed E-state index contributed by atoms with van der Waals surface area (Å²) in [5.74, 6) is 0.393. The molecule has 2 amide bonds. The van der Waals surface area contributed by atoms with Crippen LogP contribution in [-0.4, -0.2) is 37.4 Å². The molecule has 7 heteroatoms. The molecule has 0 radical (unpaired) electrons. The highest BCUT2D eigenvalue weighted by Crippen LogP contribution is 2.39. The number of benzene rings is 1. The van der Waals surface area contributed by atoms with E-state index in [0.717, 1.165) is 47.8 Å². The standard InChI is InChI=1S/C30H34N4O3/c1-21-13-14-25-24(18-21)26(32-15-7-8-16-32)27-28(35)34(19-23-12-9-17-37-23)30(2,20-33(25)27)29(36)31-22-10-5-3-4-6-11-22/h7-9,12-18,22H,3-6,10-11,19-20H2,1-2H3,(H,31,36)/t30-/m0/s1. The number of fused-ring (bicyclic) bond motifs is 3. The highest BCUT2D eigenvalue weighted by Gasteiger charge is 2.49. The molecular weight excluding hydrogens is 464 g/mol. The van der Waals surface area contributed by atoms with Gasteiger partial charge in [-0.2, -0.15) is 0 Å². The molecule has 1 aliphatic heterocycles. The highest BCUT2D eigenvalue weighted by molar-refractivity contribution is 6.09. The molecule has 4 heterocycles. The second kappa shape index (κ2) is 9.29. The molecule has 37 heavy (non-hydrogen) atoms. The van der Waals surface area contributed by atoms with E-state index < -0.39 is 5.54 Å². The molecule has 7 nitrogen and oxygen atoms in total. The first kappa shape index (κ1) is 23.6. The number of aryl methyl sites for hydroxylation is 1. The van der Waals surface area contributed by atoms with Crippen LogP contribution in [0.25, 0.3) is 16.6 Å². The molecule has 1 atom stereocenters. The smallest absolute Gasteiger partial charge is 0.274 e. The number of furan rings is 1. The van der Waals surface area contributed by atoms with E-state index in [1.807, 2.05) is 48.1 Å². The molecular formula is C30H34N4O3. The van der Waals surface area contributed by atoms with Gasteiger partial charge in [0.1, 0.15) is 17.0 Å². The van der Waals surface area contributed by atoms with Crippen molar-refractivity contribution in [1.82, 2.24) is 19.4 Å². The van der Waals surface area contributed by atoms with Crippen molar-refractivity contribution in [1.29, 1.82) is 0 Å². The average Bonchev–Trinajstić information content (AvgIpc) is 3.61. The Morgan fingerprint density at radius 2 is 1.84 bits per heavy atom. The Balaban J connectivity index is 1.49. The molecule has 0 saturated heterocycles. The van der Waals surface area contributed by atoms with Crippen LogP contribution in [0.1, 0.15) is 67.3 Å². The van der Waals surface area contributed by atoms with Crippen LogP contribution in [-0.2, 0) is 17.9 Å². The number of rotatable bonds is 5. The predicted molar refractivity (Wildman–Crippen MR) is 143 cm³/mol. The fourth-order valence-electron chi connectivity index (χ4n) is 6.09. The molecule has 0 unspecified atom stereocenters. The number of hydrogen-bond donors (Lipinski definition) is 1. The van der Waals surface area contributed by atoms with E-state index >= 15 is 0 Å². The van der Waals surface area contributed by atoms with Crippen LogP contribution < -0.4 is 5.32 Å². The summed E-state index contributed by atoms with van der Waals surface area (Å²) in [4.78, 5) is 30.2. The van der Waals surface area contributed by atoms with Crippen LogP contribution in [0, 0.1) is 6.92 Å². The second-order valence-corrected chi connectivity index (χ2v) is 10.8. The number of amides is 2. The average molecular weight is 499 g/mol. The minimum absolute atomic E-state index is 0.0959. The summed E-state index contributed by atoms with van der Waals surface area (Å²) in [6.45, 7) is 4.56. The van der Waals surface area contributed by atoms with Crippen LogP contribution in [0.5, 0.6) is 0 Å². The fourth-order valence-corrected chi connectivity index (χ4v) is 6.09. The summed E-state index contributed by atoms with van der Waals surface area (Å²) < 4.78 is 9.71. The minimum atomic E-state index is -1.08. The van der Waals surface area contributed by atoms with Crippen molar-refractivity contribution in [3.05, 3.63) is 78.1 Å². The number of carbonyl (C=O) groups is 2. The molecule has 1 aromatic carbocycles. The maximum absolute atomic E-state index is 14.5. The summed E-state index contributed by atoms with van der Waals surface area (Å²) in [6, 6.07) is 14.0. The van der Waals surface area contributed by atoms with Crippen molar-refractivity contribution in [2.45, 2.75) is 77.0 Å². The summed E-state index contributed by atoms with van der Waals surface area (Å²) in [6.07, 6.45) is 12.2. The molecule has 192 valence electrons. The monoisotopic (exact) mass is 498 g/mol. The lowest BCUT2D eigenvalue weighted by molar-refractivity contribution is -0.134. The van der Waals surface area contributed by atoms with Crippen molar-refractivity contribution in [2.24, 2.45) is 0 Å². The van der Waals surface area contributed by atoms with E-state index in [1.54, 1.807) is 11.2 Å². The van der Waals surface area contributed by atoms with Crippen LogP contribution in [0.2, 0.25) is 0 Å². The molecule has 2 aliphatic rings. The third kappa shape index (κ3) is 4.06. The summed E-state index contributed by atoms with van der Waals surface area (Å²) in [7, 11) is 0. The van der Waals surface area contributed by atoms with Gasteiger partial charge in [0, 0.05) is 23.8 Å². The maximum atomic E-state index is 14.5.